The zero-order chi connectivity index (χ0) is 14.7. The monoisotopic (exact) mass is 294 g/mol. The van der Waals surface area contributed by atoms with Gasteiger partial charge in [0.05, 0.1) is 11.9 Å². The van der Waals surface area contributed by atoms with Gasteiger partial charge in [0.1, 0.15) is 5.82 Å². The lowest BCUT2D eigenvalue weighted by molar-refractivity contribution is 0.0755. The van der Waals surface area contributed by atoms with Crippen molar-refractivity contribution in [1.29, 1.82) is 0 Å². The van der Waals surface area contributed by atoms with Gasteiger partial charge in [-0.25, -0.2) is 9.97 Å². The molecule has 1 aromatic heterocycles. The zero-order valence-electron chi connectivity index (χ0n) is 12.3. The van der Waals surface area contributed by atoms with E-state index < -0.39 is 0 Å². The number of aromatic nitrogens is 2. The van der Waals surface area contributed by atoms with E-state index in [-0.39, 0.29) is 11.8 Å². The Labute approximate surface area is 124 Å². The van der Waals surface area contributed by atoms with Crippen molar-refractivity contribution in [2.75, 3.05) is 24.6 Å². The average Bonchev–Trinajstić information content (AvgIpc) is 2.46. The van der Waals surface area contributed by atoms with Gasteiger partial charge in [-0.3, -0.25) is 4.79 Å². The Bertz CT molecular complexity index is 492. The molecule has 1 fully saturated rings. The van der Waals surface area contributed by atoms with E-state index in [1.54, 1.807) is 6.20 Å². The van der Waals surface area contributed by atoms with Crippen LogP contribution >= 0.6 is 11.8 Å². The standard InChI is InChI=1S/C14H22N4OS/c1-4-10-8-18(5-6-20-10)14(19)12-11(15)7-16-13(17-12)9(2)3/h7,9-10H,4-6,8,15H2,1-3H3. The lowest BCUT2D eigenvalue weighted by Crippen LogP contribution is -2.42. The van der Waals surface area contributed by atoms with E-state index in [0.29, 0.717) is 22.5 Å². The molecule has 1 unspecified atom stereocenters. The molecule has 0 radical (unpaired) electrons. The van der Waals surface area contributed by atoms with E-state index in [1.165, 1.54) is 0 Å². The third-order valence-corrected chi connectivity index (χ3v) is 4.81. The Kier molecular flexibility index (Phi) is 4.86. The predicted molar refractivity (Wildman–Crippen MR) is 83.0 cm³/mol. The second kappa shape index (κ2) is 6.43. The van der Waals surface area contributed by atoms with Crippen LogP contribution in [0.15, 0.2) is 6.20 Å². The zero-order valence-corrected chi connectivity index (χ0v) is 13.1. The van der Waals surface area contributed by atoms with Crippen LogP contribution in [0.3, 0.4) is 0 Å². The van der Waals surface area contributed by atoms with Crippen LogP contribution in [0.25, 0.3) is 0 Å². The summed E-state index contributed by atoms with van der Waals surface area (Å²) in [6, 6.07) is 0. The third kappa shape index (κ3) is 3.23. The molecule has 0 aromatic carbocycles. The number of nitrogen functional groups attached to an aromatic ring is 1. The normalized spacial score (nSPS) is 19.4. The van der Waals surface area contributed by atoms with Gasteiger partial charge in [-0.1, -0.05) is 20.8 Å². The van der Waals surface area contributed by atoms with Crippen molar-refractivity contribution in [2.24, 2.45) is 0 Å². The summed E-state index contributed by atoms with van der Waals surface area (Å²) in [6.07, 6.45) is 2.62. The van der Waals surface area contributed by atoms with Crippen LogP contribution in [0, 0.1) is 0 Å². The number of hydrogen-bond donors (Lipinski definition) is 1. The minimum absolute atomic E-state index is 0.0643. The molecule has 2 heterocycles. The first-order chi connectivity index (χ1) is 9.52. The minimum atomic E-state index is -0.0643. The maximum Gasteiger partial charge on any atom is 0.274 e. The summed E-state index contributed by atoms with van der Waals surface area (Å²) in [5.74, 6) is 1.76. The summed E-state index contributed by atoms with van der Waals surface area (Å²) in [5.41, 5.74) is 6.61. The van der Waals surface area contributed by atoms with Gasteiger partial charge in [0.15, 0.2) is 5.69 Å². The molecular weight excluding hydrogens is 272 g/mol. The predicted octanol–water partition coefficient (Wildman–Crippen LogP) is 2.15. The average molecular weight is 294 g/mol. The maximum absolute atomic E-state index is 12.6. The van der Waals surface area contributed by atoms with Crippen molar-refractivity contribution in [3.8, 4) is 0 Å². The second-order valence-electron chi connectivity index (χ2n) is 5.34. The van der Waals surface area contributed by atoms with Crippen LogP contribution in [0.1, 0.15) is 49.4 Å². The van der Waals surface area contributed by atoms with Gasteiger partial charge in [0.2, 0.25) is 0 Å². The molecule has 1 aliphatic heterocycles. The molecule has 2 N–H and O–H groups in total. The number of nitrogens with zero attached hydrogens (tertiary/aromatic N) is 3. The van der Waals surface area contributed by atoms with Gasteiger partial charge < -0.3 is 10.6 Å². The summed E-state index contributed by atoms with van der Waals surface area (Å²) >= 11 is 1.93. The third-order valence-electron chi connectivity index (χ3n) is 3.44. The highest BCUT2D eigenvalue weighted by Crippen LogP contribution is 2.23. The van der Waals surface area contributed by atoms with Crippen molar-refractivity contribution in [3.05, 3.63) is 17.7 Å². The molecule has 0 spiro atoms. The SMILES string of the molecule is CCC1CN(C(=O)c2nc(C(C)C)ncc2N)CCS1. The first-order valence-corrected chi connectivity index (χ1v) is 8.11. The maximum atomic E-state index is 12.6. The summed E-state index contributed by atoms with van der Waals surface area (Å²) in [7, 11) is 0. The lowest BCUT2D eigenvalue weighted by atomic mass is 10.2. The van der Waals surface area contributed by atoms with Crippen LogP contribution in [-0.4, -0.2) is 44.9 Å². The molecule has 20 heavy (non-hydrogen) atoms. The van der Waals surface area contributed by atoms with Crippen LogP contribution in [0.4, 0.5) is 5.69 Å². The fourth-order valence-corrected chi connectivity index (χ4v) is 3.33. The number of nitrogens with two attached hydrogens (primary N) is 1. The van der Waals surface area contributed by atoms with Gasteiger partial charge >= 0.3 is 0 Å². The largest absolute Gasteiger partial charge is 0.396 e. The van der Waals surface area contributed by atoms with E-state index in [9.17, 15) is 4.79 Å². The Morgan fingerprint density at radius 2 is 2.35 bits per heavy atom. The van der Waals surface area contributed by atoms with Crippen LogP contribution in [0.5, 0.6) is 0 Å². The molecule has 5 nitrogen and oxygen atoms in total. The highest BCUT2D eigenvalue weighted by Gasteiger charge is 2.26. The number of carbonyl (C=O) groups is 1. The molecule has 1 atom stereocenters. The summed E-state index contributed by atoms with van der Waals surface area (Å²) < 4.78 is 0. The molecule has 110 valence electrons. The summed E-state index contributed by atoms with van der Waals surface area (Å²) in [4.78, 5) is 23.0. The molecule has 0 bridgehead atoms. The van der Waals surface area contributed by atoms with Crippen LogP contribution < -0.4 is 5.73 Å². The van der Waals surface area contributed by atoms with Crippen molar-refractivity contribution >= 4 is 23.4 Å². The summed E-state index contributed by atoms with van der Waals surface area (Å²) in [6.45, 7) is 7.71. The number of rotatable bonds is 3. The van der Waals surface area contributed by atoms with Gasteiger partial charge in [-0.05, 0) is 6.42 Å². The van der Waals surface area contributed by atoms with E-state index in [1.807, 2.05) is 30.5 Å². The first kappa shape index (κ1) is 15.1. The Hall–Kier alpha value is -1.30. The quantitative estimate of drug-likeness (QED) is 0.924. The number of anilines is 1. The van der Waals surface area contributed by atoms with Gasteiger partial charge in [-0.15, -0.1) is 0 Å². The number of thioether (sulfide) groups is 1. The van der Waals surface area contributed by atoms with Crippen molar-refractivity contribution in [1.82, 2.24) is 14.9 Å². The molecule has 2 rings (SSSR count). The highest BCUT2D eigenvalue weighted by molar-refractivity contribution is 8.00. The van der Waals surface area contributed by atoms with Crippen LogP contribution in [-0.2, 0) is 0 Å². The van der Waals surface area contributed by atoms with E-state index in [4.69, 9.17) is 5.73 Å². The fourth-order valence-electron chi connectivity index (χ4n) is 2.15. The smallest absolute Gasteiger partial charge is 0.274 e. The van der Waals surface area contributed by atoms with Gasteiger partial charge in [-0.2, -0.15) is 11.8 Å². The van der Waals surface area contributed by atoms with Crippen molar-refractivity contribution in [2.45, 2.75) is 38.4 Å². The minimum Gasteiger partial charge on any atom is -0.396 e. The van der Waals surface area contributed by atoms with Crippen molar-refractivity contribution < 1.29 is 4.79 Å². The van der Waals surface area contributed by atoms with Gasteiger partial charge in [0, 0.05) is 30.0 Å². The fraction of sp³-hybridized carbons (Fsp3) is 0.643. The number of amides is 1. The molecule has 0 saturated carbocycles. The molecular formula is C14H22N4OS. The van der Waals surface area contributed by atoms with Crippen LogP contribution in [0.2, 0.25) is 0 Å². The Balaban J connectivity index is 2.21. The van der Waals surface area contributed by atoms with Crippen molar-refractivity contribution in [3.63, 3.8) is 0 Å². The Morgan fingerprint density at radius 1 is 1.60 bits per heavy atom. The second-order valence-corrected chi connectivity index (χ2v) is 6.75. The lowest BCUT2D eigenvalue weighted by Gasteiger charge is -2.32. The number of hydrogen-bond acceptors (Lipinski definition) is 5. The van der Waals surface area contributed by atoms with E-state index in [0.717, 1.165) is 25.3 Å². The molecule has 1 saturated heterocycles. The van der Waals surface area contributed by atoms with E-state index in [2.05, 4.69) is 16.9 Å². The Morgan fingerprint density at radius 3 is 3.00 bits per heavy atom. The highest BCUT2D eigenvalue weighted by atomic mass is 32.2. The molecule has 6 heteroatoms. The summed E-state index contributed by atoms with van der Waals surface area (Å²) in [5, 5.41) is 0.514. The molecule has 1 aromatic rings. The van der Waals surface area contributed by atoms with E-state index >= 15 is 0 Å². The first-order valence-electron chi connectivity index (χ1n) is 7.06. The van der Waals surface area contributed by atoms with Gasteiger partial charge in [0.25, 0.3) is 5.91 Å². The number of carbonyl (C=O) groups excluding carboxylic acids is 1. The molecule has 0 aliphatic carbocycles. The molecule has 1 aliphatic rings. The molecule has 1 amide bonds. The topological polar surface area (TPSA) is 72.1 Å².